The molecule has 0 spiro atoms. The Morgan fingerprint density at radius 3 is 2.48 bits per heavy atom. The second kappa shape index (κ2) is 8.56. The van der Waals surface area contributed by atoms with Crippen molar-refractivity contribution >= 4 is 16.9 Å². The summed E-state index contributed by atoms with van der Waals surface area (Å²) in [5, 5.41) is 1.17. The number of hydrogen-bond acceptors (Lipinski definition) is 3. The van der Waals surface area contributed by atoms with Gasteiger partial charge in [0.25, 0.3) is 0 Å². The van der Waals surface area contributed by atoms with Crippen molar-refractivity contribution < 1.29 is 14.3 Å². The molecule has 0 bridgehead atoms. The molecule has 29 heavy (non-hydrogen) atoms. The molecule has 1 atom stereocenters. The van der Waals surface area contributed by atoms with Crippen LogP contribution in [-0.2, 0) is 16.6 Å². The van der Waals surface area contributed by atoms with Crippen LogP contribution in [0.3, 0.4) is 0 Å². The lowest BCUT2D eigenvalue weighted by atomic mass is 9.90. The van der Waals surface area contributed by atoms with Crippen molar-refractivity contribution in [1.29, 1.82) is 0 Å². The summed E-state index contributed by atoms with van der Waals surface area (Å²) in [7, 11) is 2.07. The van der Waals surface area contributed by atoms with E-state index in [1.807, 2.05) is 24.3 Å². The van der Waals surface area contributed by atoms with Gasteiger partial charge in [-0.3, -0.25) is 0 Å². The molecule has 3 aromatic rings. The average molecular weight is 392 g/mol. The molecule has 3 rings (SSSR count). The van der Waals surface area contributed by atoms with E-state index in [-0.39, 0.29) is 11.4 Å². The first-order valence-corrected chi connectivity index (χ1v) is 9.93. The Morgan fingerprint density at radius 1 is 1.10 bits per heavy atom. The van der Waals surface area contributed by atoms with Crippen molar-refractivity contribution in [1.82, 2.24) is 4.57 Å². The van der Waals surface area contributed by atoms with E-state index in [1.54, 1.807) is 6.92 Å². The minimum absolute atomic E-state index is 0.260. The van der Waals surface area contributed by atoms with Crippen molar-refractivity contribution in [3.05, 3.63) is 66.7 Å². The number of hydrogen-bond donors (Lipinski definition) is 0. The molecular formula is C25H29NO3. The Hall–Kier alpha value is -3.01. The fraction of sp³-hybridized carbons (Fsp3) is 0.320. The molecule has 1 heterocycles. The van der Waals surface area contributed by atoms with E-state index in [0.717, 1.165) is 17.7 Å². The number of carbonyl (C=O) groups is 1. The highest BCUT2D eigenvalue weighted by molar-refractivity contribution is 5.88. The summed E-state index contributed by atoms with van der Waals surface area (Å²) in [6.07, 6.45) is 0.834. The molecule has 152 valence electrons. The molecule has 0 saturated heterocycles. The smallest absolute Gasteiger partial charge is 0.333 e. The summed E-state index contributed by atoms with van der Waals surface area (Å²) in [5.41, 5.74) is 3.62. The summed E-state index contributed by atoms with van der Waals surface area (Å²) >= 11 is 0. The molecule has 4 heteroatoms. The molecule has 0 aliphatic rings. The zero-order chi connectivity index (χ0) is 21.0. The van der Waals surface area contributed by atoms with Gasteiger partial charge in [0.05, 0.1) is 12.1 Å². The van der Waals surface area contributed by atoms with Crippen LogP contribution in [0, 0.1) is 5.41 Å². The van der Waals surface area contributed by atoms with Crippen LogP contribution < -0.4 is 4.74 Å². The van der Waals surface area contributed by atoms with Crippen LogP contribution in [-0.4, -0.2) is 23.8 Å². The summed E-state index contributed by atoms with van der Waals surface area (Å²) in [4.78, 5) is 11.7. The largest absolute Gasteiger partial charge is 0.493 e. The maximum atomic E-state index is 11.7. The summed E-state index contributed by atoms with van der Waals surface area (Å²) in [5.74, 6) is 0.451. The van der Waals surface area contributed by atoms with Crippen LogP contribution in [0.25, 0.3) is 22.2 Å². The molecule has 0 fully saturated rings. The molecule has 0 N–H and O–H groups in total. The summed E-state index contributed by atoms with van der Waals surface area (Å²) < 4.78 is 13.7. The van der Waals surface area contributed by atoms with Gasteiger partial charge >= 0.3 is 5.97 Å². The Morgan fingerprint density at radius 2 is 1.83 bits per heavy atom. The van der Waals surface area contributed by atoms with E-state index in [4.69, 9.17) is 9.47 Å². The number of carbonyl (C=O) groups excluding carboxylic acids is 1. The van der Waals surface area contributed by atoms with Gasteiger partial charge in [0.1, 0.15) is 12.4 Å². The van der Waals surface area contributed by atoms with Gasteiger partial charge in [-0.05, 0) is 37.1 Å². The maximum Gasteiger partial charge on any atom is 0.333 e. The zero-order valence-corrected chi connectivity index (χ0v) is 17.7. The van der Waals surface area contributed by atoms with Crippen molar-refractivity contribution in [2.45, 2.75) is 27.2 Å². The minimum Gasteiger partial charge on any atom is -0.493 e. The molecule has 0 amide bonds. The molecule has 0 aliphatic carbocycles. The summed E-state index contributed by atoms with van der Waals surface area (Å²) in [6.45, 7) is 10.2. The quantitative estimate of drug-likeness (QED) is 0.362. The first-order chi connectivity index (χ1) is 13.8. The first-order valence-electron chi connectivity index (χ1n) is 9.93. The monoisotopic (exact) mass is 391 g/mol. The van der Waals surface area contributed by atoms with Crippen LogP contribution >= 0.6 is 0 Å². The Balaban J connectivity index is 1.75. The third-order valence-corrected chi connectivity index (χ3v) is 5.43. The maximum absolute atomic E-state index is 11.7. The molecule has 1 aromatic heterocycles. The van der Waals surface area contributed by atoms with Gasteiger partial charge < -0.3 is 14.0 Å². The van der Waals surface area contributed by atoms with Gasteiger partial charge in [-0.15, -0.1) is 0 Å². The third-order valence-electron chi connectivity index (χ3n) is 5.43. The van der Waals surface area contributed by atoms with Crippen LogP contribution in [0.2, 0.25) is 0 Å². The van der Waals surface area contributed by atoms with Crippen LogP contribution in [0.5, 0.6) is 5.75 Å². The predicted molar refractivity (Wildman–Crippen MR) is 118 cm³/mol. The van der Waals surface area contributed by atoms with Crippen molar-refractivity contribution in [2.75, 3.05) is 13.2 Å². The lowest BCUT2D eigenvalue weighted by Gasteiger charge is -2.27. The number of benzene rings is 2. The summed E-state index contributed by atoms with van der Waals surface area (Å²) in [6, 6.07) is 18.7. The molecule has 4 nitrogen and oxygen atoms in total. The number of esters is 1. The van der Waals surface area contributed by atoms with E-state index in [1.165, 1.54) is 16.6 Å². The van der Waals surface area contributed by atoms with Crippen LogP contribution in [0.1, 0.15) is 27.2 Å². The highest BCUT2D eigenvalue weighted by Crippen LogP contribution is 2.31. The number of aryl methyl sites for hydroxylation is 1. The highest BCUT2D eigenvalue weighted by atomic mass is 16.5. The number of nitrogens with zero attached hydrogens (tertiary/aromatic N) is 1. The van der Waals surface area contributed by atoms with Crippen LogP contribution in [0.4, 0.5) is 0 Å². The molecule has 0 radical (unpaired) electrons. The van der Waals surface area contributed by atoms with Gasteiger partial charge in [-0.2, -0.15) is 0 Å². The fourth-order valence-corrected chi connectivity index (χ4v) is 3.15. The van der Waals surface area contributed by atoms with Crippen LogP contribution in [0.15, 0.2) is 66.7 Å². The molecule has 0 aliphatic heterocycles. The Bertz CT molecular complexity index is 1020. The van der Waals surface area contributed by atoms with Gasteiger partial charge in [0, 0.05) is 35.2 Å². The SMILES string of the molecule is C=C(C)C(=O)OCC(C)(CC)COc1ccc2cc(-c3ccccc3)n(C)c2c1. The number of aromatic nitrogens is 1. The van der Waals surface area contributed by atoms with Gasteiger partial charge in [0.2, 0.25) is 0 Å². The van der Waals surface area contributed by atoms with Gasteiger partial charge in [-0.1, -0.05) is 50.8 Å². The van der Waals surface area contributed by atoms with Crippen molar-refractivity contribution in [2.24, 2.45) is 12.5 Å². The Kier molecular flexibility index (Phi) is 6.12. The number of fused-ring (bicyclic) bond motifs is 1. The van der Waals surface area contributed by atoms with E-state index < -0.39 is 0 Å². The van der Waals surface area contributed by atoms with Crippen molar-refractivity contribution in [3.63, 3.8) is 0 Å². The predicted octanol–water partition coefficient (Wildman–Crippen LogP) is 5.76. The molecule has 0 saturated carbocycles. The first kappa shape index (κ1) is 20.7. The average Bonchev–Trinajstić information content (AvgIpc) is 3.07. The second-order valence-corrected chi connectivity index (χ2v) is 7.98. The van der Waals surface area contributed by atoms with Gasteiger partial charge in [0.15, 0.2) is 0 Å². The van der Waals surface area contributed by atoms with E-state index in [9.17, 15) is 4.79 Å². The van der Waals surface area contributed by atoms with Crippen molar-refractivity contribution in [3.8, 4) is 17.0 Å². The third kappa shape index (κ3) is 4.70. The molecular weight excluding hydrogens is 362 g/mol. The van der Waals surface area contributed by atoms with E-state index in [2.05, 4.69) is 62.4 Å². The molecule has 1 unspecified atom stereocenters. The normalized spacial score (nSPS) is 13.1. The standard InChI is InChI=1S/C25H29NO3/c1-6-25(4,17-29-24(27)18(2)3)16-28-21-13-12-20-14-22(26(5)23(20)15-21)19-10-8-7-9-11-19/h7-15H,2,6,16-17H2,1,3-5H3. The van der Waals surface area contributed by atoms with E-state index >= 15 is 0 Å². The molecule has 2 aromatic carbocycles. The topological polar surface area (TPSA) is 40.5 Å². The fourth-order valence-electron chi connectivity index (χ4n) is 3.15. The number of ether oxygens (including phenoxy) is 2. The van der Waals surface area contributed by atoms with E-state index in [0.29, 0.717) is 18.8 Å². The number of rotatable bonds is 8. The van der Waals surface area contributed by atoms with Gasteiger partial charge in [-0.25, -0.2) is 4.79 Å². The highest BCUT2D eigenvalue weighted by Gasteiger charge is 2.26. The minimum atomic E-state index is -0.358. The lowest BCUT2D eigenvalue weighted by molar-refractivity contribution is -0.143. The Labute approximate surface area is 172 Å². The lowest BCUT2D eigenvalue weighted by Crippen LogP contribution is -2.31. The zero-order valence-electron chi connectivity index (χ0n) is 17.7. The second-order valence-electron chi connectivity index (χ2n) is 7.98.